The summed E-state index contributed by atoms with van der Waals surface area (Å²) in [6.45, 7) is 1.39. The minimum absolute atomic E-state index is 0.630. The Morgan fingerprint density at radius 1 is 1.05 bits per heavy atom. The molecular formula is C18H18N2O. The van der Waals surface area contributed by atoms with E-state index in [1.54, 1.807) is 7.11 Å². The zero-order valence-corrected chi connectivity index (χ0v) is 12.0. The van der Waals surface area contributed by atoms with Crippen LogP contribution in [0.3, 0.4) is 0 Å². The standard InChI is InChI=1S/C18H18N2O/c1-21-13-14-5-4-7-17(9-14)20-12-16-11-19-10-15-6-2-3-8-18(15)16/h2-11,20H,12-13H2,1H3. The summed E-state index contributed by atoms with van der Waals surface area (Å²) in [4.78, 5) is 4.31. The fourth-order valence-electron chi connectivity index (χ4n) is 2.45. The lowest BCUT2D eigenvalue weighted by Gasteiger charge is -2.10. The summed E-state index contributed by atoms with van der Waals surface area (Å²) in [5.41, 5.74) is 3.46. The van der Waals surface area contributed by atoms with Crippen molar-refractivity contribution >= 4 is 16.5 Å². The third kappa shape index (κ3) is 3.20. The molecule has 0 aliphatic carbocycles. The molecule has 21 heavy (non-hydrogen) atoms. The van der Waals surface area contributed by atoms with Crippen molar-refractivity contribution in [3.05, 3.63) is 72.1 Å². The van der Waals surface area contributed by atoms with Crippen molar-refractivity contribution in [2.75, 3.05) is 12.4 Å². The molecule has 106 valence electrons. The molecule has 0 radical (unpaired) electrons. The number of methoxy groups -OCH3 is 1. The lowest BCUT2D eigenvalue weighted by Crippen LogP contribution is -2.01. The van der Waals surface area contributed by atoms with Gasteiger partial charge in [0.15, 0.2) is 0 Å². The average molecular weight is 278 g/mol. The fraction of sp³-hybridized carbons (Fsp3) is 0.167. The Bertz CT molecular complexity index is 735. The monoisotopic (exact) mass is 278 g/mol. The van der Waals surface area contributed by atoms with E-state index in [0.29, 0.717) is 6.61 Å². The maximum absolute atomic E-state index is 5.17. The van der Waals surface area contributed by atoms with Gasteiger partial charge >= 0.3 is 0 Å². The molecule has 2 aromatic carbocycles. The smallest absolute Gasteiger partial charge is 0.0713 e. The summed E-state index contributed by atoms with van der Waals surface area (Å²) < 4.78 is 5.17. The minimum Gasteiger partial charge on any atom is -0.381 e. The molecule has 3 heteroatoms. The second-order valence-electron chi connectivity index (χ2n) is 5.01. The summed E-state index contributed by atoms with van der Waals surface area (Å²) in [7, 11) is 1.71. The van der Waals surface area contributed by atoms with Crippen LogP contribution >= 0.6 is 0 Å². The molecule has 3 aromatic rings. The lowest BCUT2D eigenvalue weighted by atomic mass is 10.1. The molecule has 0 aliphatic rings. The zero-order valence-electron chi connectivity index (χ0n) is 12.0. The van der Waals surface area contributed by atoms with Crippen molar-refractivity contribution in [3.8, 4) is 0 Å². The zero-order chi connectivity index (χ0) is 14.5. The predicted octanol–water partition coefficient (Wildman–Crippen LogP) is 3.99. The third-order valence-electron chi connectivity index (χ3n) is 3.47. The van der Waals surface area contributed by atoms with Crippen LogP contribution in [0.4, 0.5) is 5.69 Å². The lowest BCUT2D eigenvalue weighted by molar-refractivity contribution is 0.185. The van der Waals surface area contributed by atoms with Crippen molar-refractivity contribution in [2.24, 2.45) is 0 Å². The second-order valence-corrected chi connectivity index (χ2v) is 5.01. The van der Waals surface area contributed by atoms with Crippen LogP contribution in [0.2, 0.25) is 0 Å². The first-order valence-electron chi connectivity index (χ1n) is 7.00. The number of anilines is 1. The van der Waals surface area contributed by atoms with E-state index in [4.69, 9.17) is 4.74 Å². The van der Waals surface area contributed by atoms with E-state index in [2.05, 4.69) is 46.7 Å². The van der Waals surface area contributed by atoms with Gasteiger partial charge in [-0.1, -0.05) is 36.4 Å². The van der Waals surface area contributed by atoms with Gasteiger partial charge in [0.2, 0.25) is 0 Å². The van der Waals surface area contributed by atoms with Crippen LogP contribution in [0.25, 0.3) is 10.8 Å². The third-order valence-corrected chi connectivity index (χ3v) is 3.47. The number of hydrogen-bond acceptors (Lipinski definition) is 3. The summed E-state index contributed by atoms with van der Waals surface area (Å²) >= 11 is 0. The SMILES string of the molecule is COCc1cccc(NCc2cncc3ccccc23)c1. The van der Waals surface area contributed by atoms with Crippen LogP contribution in [-0.2, 0) is 17.9 Å². The van der Waals surface area contributed by atoms with Crippen molar-refractivity contribution in [3.63, 3.8) is 0 Å². The first kappa shape index (κ1) is 13.6. The number of nitrogens with zero attached hydrogens (tertiary/aromatic N) is 1. The molecule has 0 amide bonds. The maximum atomic E-state index is 5.17. The highest BCUT2D eigenvalue weighted by Gasteiger charge is 2.01. The Kier molecular flexibility index (Phi) is 4.12. The molecule has 1 heterocycles. The molecule has 0 atom stereocenters. The van der Waals surface area contributed by atoms with Crippen LogP contribution in [-0.4, -0.2) is 12.1 Å². The van der Waals surface area contributed by atoms with Crippen LogP contribution in [0.1, 0.15) is 11.1 Å². The van der Waals surface area contributed by atoms with Gasteiger partial charge in [-0.15, -0.1) is 0 Å². The van der Waals surface area contributed by atoms with Crippen molar-refractivity contribution in [1.29, 1.82) is 0 Å². The van der Waals surface area contributed by atoms with Gasteiger partial charge in [0.1, 0.15) is 0 Å². The number of hydrogen-bond donors (Lipinski definition) is 1. The van der Waals surface area contributed by atoms with Crippen molar-refractivity contribution < 1.29 is 4.74 Å². The number of ether oxygens (including phenoxy) is 1. The predicted molar refractivity (Wildman–Crippen MR) is 86.2 cm³/mol. The summed E-state index contributed by atoms with van der Waals surface area (Å²) in [6.07, 6.45) is 3.83. The highest BCUT2D eigenvalue weighted by Crippen LogP contribution is 2.19. The van der Waals surface area contributed by atoms with Crippen molar-refractivity contribution in [1.82, 2.24) is 4.98 Å². The number of aromatic nitrogens is 1. The molecule has 0 fully saturated rings. The fourth-order valence-corrected chi connectivity index (χ4v) is 2.45. The minimum atomic E-state index is 0.630. The number of rotatable bonds is 5. The van der Waals surface area contributed by atoms with Crippen LogP contribution in [0.15, 0.2) is 60.9 Å². The van der Waals surface area contributed by atoms with Crippen LogP contribution in [0, 0.1) is 0 Å². The molecule has 1 aromatic heterocycles. The van der Waals surface area contributed by atoms with E-state index in [9.17, 15) is 0 Å². The largest absolute Gasteiger partial charge is 0.381 e. The molecule has 1 N–H and O–H groups in total. The summed E-state index contributed by atoms with van der Waals surface area (Å²) in [6, 6.07) is 16.6. The Labute approximate surface area is 124 Å². The molecule has 3 rings (SSSR count). The molecular weight excluding hydrogens is 260 g/mol. The Morgan fingerprint density at radius 3 is 2.86 bits per heavy atom. The Balaban J connectivity index is 1.79. The van der Waals surface area contributed by atoms with E-state index in [-0.39, 0.29) is 0 Å². The first-order valence-corrected chi connectivity index (χ1v) is 7.00. The van der Waals surface area contributed by atoms with Gasteiger partial charge in [-0.25, -0.2) is 0 Å². The van der Waals surface area contributed by atoms with E-state index >= 15 is 0 Å². The first-order chi connectivity index (χ1) is 10.4. The number of nitrogens with one attached hydrogen (secondary N) is 1. The van der Waals surface area contributed by atoms with Crippen LogP contribution in [0.5, 0.6) is 0 Å². The van der Waals surface area contributed by atoms with E-state index in [1.165, 1.54) is 21.9 Å². The molecule has 0 spiro atoms. The van der Waals surface area contributed by atoms with E-state index in [1.807, 2.05) is 24.5 Å². The van der Waals surface area contributed by atoms with E-state index < -0.39 is 0 Å². The molecule has 0 saturated heterocycles. The molecule has 0 aliphatic heterocycles. The van der Waals surface area contributed by atoms with Gasteiger partial charge < -0.3 is 10.1 Å². The van der Waals surface area contributed by atoms with Gasteiger partial charge in [0.25, 0.3) is 0 Å². The Hall–Kier alpha value is -2.39. The molecule has 3 nitrogen and oxygen atoms in total. The van der Waals surface area contributed by atoms with Gasteiger partial charge in [0, 0.05) is 37.1 Å². The normalized spacial score (nSPS) is 10.7. The van der Waals surface area contributed by atoms with Gasteiger partial charge in [-0.05, 0) is 28.6 Å². The number of fused-ring (bicyclic) bond motifs is 1. The van der Waals surface area contributed by atoms with Gasteiger partial charge in [-0.2, -0.15) is 0 Å². The van der Waals surface area contributed by atoms with Crippen molar-refractivity contribution in [2.45, 2.75) is 13.2 Å². The topological polar surface area (TPSA) is 34.1 Å². The highest BCUT2D eigenvalue weighted by molar-refractivity contribution is 5.84. The maximum Gasteiger partial charge on any atom is 0.0713 e. The number of pyridine rings is 1. The molecule has 0 saturated carbocycles. The Morgan fingerprint density at radius 2 is 1.95 bits per heavy atom. The molecule has 0 bridgehead atoms. The van der Waals surface area contributed by atoms with Crippen LogP contribution < -0.4 is 5.32 Å². The average Bonchev–Trinajstić information content (AvgIpc) is 2.53. The highest BCUT2D eigenvalue weighted by atomic mass is 16.5. The van der Waals surface area contributed by atoms with Gasteiger partial charge in [-0.3, -0.25) is 4.98 Å². The molecule has 0 unspecified atom stereocenters. The van der Waals surface area contributed by atoms with E-state index in [0.717, 1.165) is 12.2 Å². The second kappa shape index (κ2) is 6.37. The van der Waals surface area contributed by atoms with Gasteiger partial charge in [0.05, 0.1) is 6.61 Å². The summed E-state index contributed by atoms with van der Waals surface area (Å²) in [5.74, 6) is 0. The number of benzene rings is 2. The quantitative estimate of drug-likeness (QED) is 0.766. The summed E-state index contributed by atoms with van der Waals surface area (Å²) in [5, 5.41) is 5.87.